The Morgan fingerprint density at radius 2 is 2.33 bits per heavy atom. The lowest BCUT2D eigenvalue weighted by atomic mass is 10.3. The Labute approximate surface area is 90.5 Å². The minimum atomic E-state index is 0.689. The van der Waals surface area contributed by atoms with Crippen molar-refractivity contribution in [2.45, 2.75) is 25.2 Å². The maximum Gasteiger partial charge on any atom is 0.225 e. The van der Waals surface area contributed by atoms with Crippen molar-refractivity contribution in [2.75, 3.05) is 25.0 Å². The molecule has 0 unspecified atom stereocenters. The lowest BCUT2D eigenvalue weighted by Crippen LogP contribution is -2.23. The van der Waals surface area contributed by atoms with Gasteiger partial charge in [-0.15, -0.1) is 0 Å². The highest BCUT2D eigenvalue weighted by Crippen LogP contribution is 2.39. The highest BCUT2D eigenvalue weighted by atomic mass is 15.2. The van der Waals surface area contributed by atoms with Gasteiger partial charge in [0.05, 0.1) is 0 Å². The molecule has 0 radical (unpaired) electrons. The lowest BCUT2D eigenvalue weighted by Gasteiger charge is -2.16. The molecule has 1 aliphatic carbocycles. The molecule has 2 rings (SSSR count). The van der Waals surface area contributed by atoms with Gasteiger partial charge in [0.25, 0.3) is 0 Å². The Kier molecular flexibility index (Phi) is 3.16. The molecular formula is C11H18N4. The monoisotopic (exact) mass is 206 g/mol. The molecule has 1 heterocycles. The van der Waals surface area contributed by atoms with Crippen LogP contribution in [0, 0.1) is 0 Å². The van der Waals surface area contributed by atoms with E-state index >= 15 is 0 Å². The summed E-state index contributed by atoms with van der Waals surface area (Å²) in [6, 6.07) is 2.03. The van der Waals surface area contributed by atoms with Crippen molar-refractivity contribution in [2.24, 2.45) is 5.73 Å². The van der Waals surface area contributed by atoms with E-state index in [1.807, 2.05) is 19.3 Å². The van der Waals surface area contributed by atoms with Crippen LogP contribution < -0.4 is 10.6 Å². The van der Waals surface area contributed by atoms with E-state index in [1.165, 1.54) is 18.5 Å². The van der Waals surface area contributed by atoms with Gasteiger partial charge in [-0.2, -0.15) is 0 Å². The van der Waals surface area contributed by atoms with Gasteiger partial charge in [-0.1, -0.05) is 0 Å². The van der Waals surface area contributed by atoms with Crippen molar-refractivity contribution in [1.82, 2.24) is 9.97 Å². The Morgan fingerprint density at radius 3 is 3.00 bits per heavy atom. The summed E-state index contributed by atoms with van der Waals surface area (Å²) in [5, 5.41) is 0. The summed E-state index contributed by atoms with van der Waals surface area (Å²) in [5.74, 6) is 1.52. The van der Waals surface area contributed by atoms with Gasteiger partial charge in [0.1, 0.15) is 0 Å². The summed E-state index contributed by atoms with van der Waals surface area (Å²) in [4.78, 5) is 10.9. The van der Waals surface area contributed by atoms with E-state index in [9.17, 15) is 0 Å². The summed E-state index contributed by atoms with van der Waals surface area (Å²) in [7, 11) is 2.02. The van der Waals surface area contributed by atoms with Crippen LogP contribution in [-0.4, -0.2) is 30.1 Å². The van der Waals surface area contributed by atoms with Crippen LogP contribution in [0.1, 0.15) is 30.9 Å². The third kappa shape index (κ3) is 2.65. The third-order valence-corrected chi connectivity index (χ3v) is 2.70. The minimum Gasteiger partial charge on any atom is -0.344 e. The van der Waals surface area contributed by atoms with Gasteiger partial charge in [-0.05, 0) is 31.9 Å². The quantitative estimate of drug-likeness (QED) is 0.785. The number of anilines is 1. The molecule has 0 aromatic carbocycles. The first-order chi connectivity index (χ1) is 7.31. The molecule has 0 saturated heterocycles. The summed E-state index contributed by atoms with van der Waals surface area (Å²) < 4.78 is 0. The van der Waals surface area contributed by atoms with E-state index in [4.69, 9.17) is 5.73 Å². The first-order valence-corrected chi connectivity index (χ1v) is 5.55. The summed E-state index contributed by atoms with van der Waals surface area (Å²) in [5.41, 5.74) is 6.67. The molecule has 0 bridgehead atoms. The minimum absolute atomic E-state index is 0.689. The molecule has 15 heavy (non-hydrogen) atoms. The van der Waals surface area contributed by atoms with Gasteiger partial charge in [0.15, 0.2) is 0 Å². The average molecular weight is 206 g/mol. The molecule has 4 nitrogen and oxygen atoms in total. The predicted molar refractivity (Wildman–Crippen MR) is 60.9 cm³/mol. The van der Waals surface area contributed by atoms with Crippen molar-refractivity contribution in [3.63, 3.8) is 0 Å². The van der Waals surface area contributed by atoms with Gasteiger partial charge >= 0.3 is 0 Å². The molecule has 2 N–H and O–H groups in total. The zero-order valence-electron chi connectivity index (χ0n) is 9.19. The van der Waals surface area contributed by atoms with E-state index in [1.54, 1.807) is 0 Å². The van der Waals surface area contributed by atoms with E-state index in [0.29, 0.717) is 12.5 Å². The third-order valence-electron chi connectivity index (χ3n) is 2.70. The lowest BCUT2D eigenvalue weighted by molar-refractivity contribution is 0.769. The van der Waals surface area contributed by atoms with Crippen molar-refractivity contribution < 1.29 is 0 Å². The second-order valence-electron chi connectivity index (χ2n) is 4.12. The van der Waals surface area contributed by atoms with Crippen molar-refractivity contribution >= 4 is 5.95 Å². The van der Waals surface area contributed by atoms with Crippen LogP contribution in [-0.2, 0) is 0 Å². The zero-order chi connectivity index (χ0) is 10.7. The molecule has 0 atom stereocenters. The molecule has 0 spiro atoms. The molecular weight excluding hydrogens is 188 g/mol. The van der Waals surface area contributed by atoms with E-state index in [0.717, 1.165) is 18.9 Å². The van der Waals surface area contributed by atoms with Gasteiger partial charge in [-0.3, -0.25) is 0 Å². The summed E-state index contributed by atoms with van der Waals surface area (Å²) in [6.07, 6.45) is 5.40. The fourth-order valence-corrected chi connectivity index (χ4v) is 1.58. The maximum absolute atomic E-state index is 5.48. The number of nitrogens with two attached hydrogens (primary N) is 1. The standard InChI is InChI=1S/C11H18N4/c1-15(8-2-6-12)11-13-7-5-10(14-11)9-3-4-9/h5,7,9H,2-4,6,8,12H2,1H3. The van der Waals surface area contributed by atoms with E-state index < -0.39 is 0 Å². The fourth-order valence-electron chi connectivity index (χ4n) is 1.58. The highest BCUT2D eigenvalue weighted by Gasteiger charge is 2.25. The first-order valence-electron chi connectivity index (χ1n) is 5.55. The van der Waals surface area contributed by atoms with Crippen LogP contribution in [0.3, 0.4) is 0 Å². The SMILES string of the molecule is CN(CCCN)c1nccc(C2CC2)n1. The largest absolute Gasteiger partial charge is 0.344 e. The molecule has 1 fully saturated rings. The molecule has 1 aliphatic rings. The molecule has 1 aromatic heterocycles. The molecule has 0 amide bonds. The van der Waals surface area contributed by atoms with Crippen LogP contribution in [0.15, 0.2) is 12.3 Å². The van der Waals surface area contributed by atoms with Crippen molar-refractivity contribution in [3.8, 4) is 0 Å². The van der Waals surface area contributed by atoms with E-state index in [-0.39, 0.29) is 0 Å². The van der Waals surface area contributed by atoms with Crippen molar-refractivity contribution in [1.29, 1.82) is 0 Å². The second kappa shape index (κ2) is 4.57. The summed E-state index contributed by atoms with van der Waals surface area (Å²) >= 11 is 0. The topological polar surface area (TPSA) is 55.0 Å². The Morgan fingerprint density at radius 1 is 1.53 bits per heavy atom. The van der Waals surface area contributed by atoms with Crippen LogP contribution in [0.4, 0.5) is 5.95 Å². The number of nitrogens with zero attached hydrogens (tertiary/aromatic N) is 3. The normalized spacial score (nSPS) is 15.3. The van der Waals surface area contributed by atoms with Gasteiger partial charge in [0, 0.05) is 31.4 Å². The molecule has 1 aromatic rings. The van der Waals surface area contributed by atoms with Gasteiger partial charge in [-0.25, -0.2) is 9.97 Å². The Hall–Kier alpha value is -1.16. The number of hydrogen-bond acceptors (Lipinski definition) is 4. The number of rotatable bonds is 5. The maximum atomic E-state index is 5.48. The highest BCUT2D eigenvalue weighted by molar-refractivity contribution is 5.30. The van der Waals surface area contributed by atoms with Crippen LogP contribution in [0.2, 0.25) is 0 Å². The predicted octanol–water partition coefficient (Wildman–Crippen LogP) is 1.14. The number of aromatic nitrogens is 2. The van der Waals surface area contributed by atoms with Gasteiger partial charge < -0.3 is 10.6 Å². The fraction of sp³-hybridized carbons (Fsp3) is 0.636. The molecule has 1 saturated carbocycles. The first kappa shape index (κ1) is 10.4. The average Bonchev–Trinajstić information content (AvgIpc) is 3.10. The number of hydrogen-bond donors (Lipinski definition) is 1. The Balaban J connectivity index is 2.02. The van der Waals surface area contributed by atoms with Crippen LogP contribution in [0.25, 0.3) is 0 Å². The van der Waals surface area contributed by atoms with Gasteiger partial charge in [0.2, 0.25) is 5.95 Å². The second-order valence-corrected chi connectivity index (χ2v) is 4.12. The molecule has 82 valence electrons. The zero-order valence-corrected chi connectivity index (χ0v) is 9.19. The molecule has 0 aliphatic heterocycles. The van der Waals surface area contributed by atoms with Crippen molar-refractivity contribution in [3.05, 3.63) is 18.0 Å². The van der Waals surface area contributed by atoms with Crippen LogP contribution in [0.5, 0.6) is 0 Å². The summed E-state index contributed by atoms with van der Waals surface area (Å²) in [6.45, 7) is 1.64. The smallest absolute Gasteiger partial charge is 0.225 e. The Bertz CT molecular complexity index is 322. The van der Waals surface area contributed by atoms with Crippen LogP contribution >= 0.6 is 0 Å². The van der Waals surface area contributed by atoms with E-state index in [2.05, 4.69) is 14.9 Å². The molecule has 4 heteroatoms.